The van der Waals surface area contributed by atoms with Crippen molar-refractivity contribution < 1.29 is 17.9 Å². The van der Waals surface area contributed by atoms with E-state index in [1.165, 1.54) is 18.2 Å². The van der Waals surface area contributed by atoms with E-state index in [-0.39, 0.29) is 23.5 Å². The van der Waals surface area contributed by atoms with Crippen molar-refractivity contribution in [3.8, 4) is 17.1 Å². The summed E-state index contributed by atoms with van der Waals surface area (Å²) < 4.78 is 31.7. The number of carbonyl (C=O) groups excluding carboxylic acids is 1. The Morgan fingerprint density at radius 1 is 1.17 bits per heavy atom. The molecular formula is C19H21N5O4S. The fourth-order valence-electron chi connectivity index (χ4n) is 2.59. The van der Waals surface area contributed by atoms with Crippen molar-refractivity contribution in [3.63, 3.8) is 0 Å². The monoisotopic (exact) mass is 415 g/mol. The highest BCUT2D eigenvalue weighted by Gasteiger charge is 2.15. The molecule has 1 amide bonds. The van der Waals surface area contributed by atoms with Gasteiger partial charge in [-0.3, -0.25) is 9.89 Å². The summed E-state index contributed by atoms with van der Waals surface area (Å²) in [6, 6.07) is 13.1. The van der Waals surface area contributed by atoms with Gasteiger partial charge in [0.2, 0.25) is 10.0 Å². The van der Waals surface area contributed by atoms with E-state index in [1.54, 1.807) is 20.1 Å². The molecule has 1 aromatic heterocycles. The molecule has 3 aromatic rings. The highest BCUT2D eigenvalue weighted by molar-refractivity contribution is 7.89. The van der Waals surface area contributed by atoms with Crippen LogP contribution >= 0.6 is 0 Å². The minimum absolute atomic E-state index is 0.0356. The predicted molar refractivity (Wildman–Crippen MR) is 107 cm³/mol. The average molecular weight is 415 g/mol. The Labute approximate surface area is 168 Å². The van der Waals surface area contributed by atoms with Crippen molar-refractivity contribution in [2.24, 2.45) is 0 Å². The summed E-state index contributed by atoms with van der Waals surface area (Å²) in [4.78, 5) is 16.8. The number of rotatable bonds is 8. The Morgan fingerprint density at radius 3 is 2.62 bits per heavy atom. The molecule has 0 spiro atoms. The summed E-state index contributed by atoms with van der Waals surface area (Å²) in [7, 11) is -2.04. The first-order valence-corrected chi connectivity index (χ1v) is 10.3. The van der Waals surface area contributed by atoms with E-state index >= 15 is 0 Å². The van der Waals surface area contributed by atoms with Crippen LogP contribution < -0.4 is 14.8 Å². The Hall–Kier alpha value is -3.24. The van der Waals surface area contributed by atoms with Crippen LogP contribution in [0.15, 0.2) is 53.4 Å². The first-order chi connectivity index (χ1) is 13.9. The maximum atomic E-state index is 12.4. The summed E-state index contributed by atoms with van der Waals surface area (Å²) in [5.74, 6) is 1.28. The van der Waals surface area contributed by atoms with Crippen LogP contribution in [0.25, 0.3) is 11.4 Å². The van der Waals surface area contributed by atoms with Gasteiger partial charge in [-0.2, -0.15) is 5.10 Å². The molecule has 0 aliphatic heterocycles. The molecule has 3 N–H and O–H groups in total. The predicted octanol–water partition coefficient (Wildman–Crippen LogP) is 1.71. The van der Waals surface area contributed by atoms with Crippen molar-refractivity contribution in [1.29, 1.82) is 0 Å². The summed E-state index contributed by atoms with van der Waals surface area (Å²) in [5, 5.41) is 9.62. The third-order valence-corrected chi connectivity index (χ3v) is 5.58. The summed E-state index contributed by atoms with van der Waals surface area (Å²) in [6.07, 6.45) is 0. The quantitative estimate of drug-likeness (QED) is 0.514. The smallest absolute Gasteiger partial charge is 0.251 e. The highest BCUT2D eigenvalue weighted by Crippen LogP contribution is 2.19. The number of amides is 1. The van der Waals surface area contributed by atoms with Gasteiger partial charge in [0.25, 0.3) is 5.91 Å². The number of nitrogens with one attached hydrogen (secondary N) is 3. The number of nitrogens with zero attached hydrogens (tertiary/aromatic N) is 2. The van der Waals surface area contributed by atoms with E-state index in [2.05, 4.69) is 25.2 Å². The van der Waals surface area contributed by atoms with Gasteiger partial charge in [-0.05, 0) is 42.5 Å². The minimum Gasteiger partial charge on any atom is -0.497 e. The molecule has 152 valence electrons. The zero-order valence-corrected chi connectivity index (χ0v) is 16.8. The molecule has 9 nitrogen and oxygen atoms in total. The number of hydrogen-bond donors (Lipinski definition) is 3. The molecule has 0 saturated carbocycles. The maximum Gasteiger partial charge on any atom is 0.251 e. The molecular weight excluding hydrogens is 394 g/mol. The molecule has 1 heterocycles. The van der Waals surface area contributed by atoms with Crippen molar-refractivity contribution in [2.75, 3.05) is 13.7 Å². The number of H-pyrrole nitrogens is 1. The number of methoxy groups -OCH3 is 1. The van der Waals surface area contributed by atoms with Crippen molar-refractivity contribution >= 4 is 15.9 Å². The molecule has 2 aromatic carbocycles. The van der Waals surface area contributed by atoms with Gasteiger partial charge < -0.3 is 10.1 Å². The summed E-state index contributed by atoms with van der Waals surface area (Å²) in [5.41, 5.74) is 1.04. The number of hydrogen-bond acceptors (Lipinski definition) is 6. The van der Waals surface area contributed by atoms with Gasteiger partial charge in [0.1, 0.15) is 11.6 Å². The van der Waals surface area contributed by atoms with Crippen LogP contribution in [0.2, 0.25) is 0 Å². The second-order valence-electron chi connectivity index (χ2n) is 6.05. The van der Waals surface area contributed by atoms with Crippen LogP contribution in [0.3, 0.4) is 0 Å². The van der Waals surface area contributed by atoms with Crippen molar-refractivity contribution in [1.82, 2.24) is 25.2 Å². The van der Waals surface area contributed by atoms with E-state index in [1.807, 2.05) is 24.3 Å². The van der Waals surface area contributed by atoms with Gasteiger partial charge in [0, 0.05) is 17.7 Å². The molecule has 0 atom stereocenters. The molecule has 3 rings (SSSR count). The van der Waals surface area contributed by atoms with Crippen LogP contribution in [0.5, 0.6) is 5.75 Å². The molecule has 0 bridgehead atoms. The number of ether oxygens (including phenoxy) is 1. The molecule has 0 aliphatic carbocycles. The van der Waals surface area contributed by atoms with E-state index in [4.69, 9.17) is 4.74 Å². The molecule has 0 unspecified atom stereocenters. The van der Waals surface area contributed by atoms with Crippen LogP contribution in [-0.4, -0.2) is 43.2 Å². The Bertz CT molecular complexity index is 1090. The third kappa shape index (κ3) is 4.98. The van der Waals surface area contributed by atoms with E-state index < -0.39 is 15.9 Å². The first-order valence-electron chi connectivity index (χ1n) is 8.86. The number of carbonyl (C=O) groups is 1. The van der Waals surface area contributed by atoms with Gasteiger partial charge >= 0.3 is 0 Å². The largest absolute Gasteiger partial charge is 0.497 e. The number of aromatic amines is 1. The summed E-state index contributed by atoms with van der Waals surface area (Å²) in [6.45, 7) is 2.07. The maximum absolute atomic E-state index is 12.4. The Balaban J connectivity index is 1.66. The topological polar surface area (TPSA) is 126 Å². The van der Waals surface area contributed by atoms with Gasteiger partial charge in [0.05, 0.1) is 18.6 Å². The molecule has 10 heteroatoms. The molecule has 0 saturated heterocycles. The Kier molecular flexibility index (Phi) is 6.25. The van der Waals surface area contributed by atoms with Gasteiger partial charge in [-0.1, -0.05) is 13.0 Å². The minimum atomic E-state index is -3.63. The zero-order chi connectivity index (χ0) is 20.9. The van der Waals surface area contributed by atoms with E-state index in [0.29, 0.717) is 11.6 Å². The van der Waals surface area contributed by atoms with Crippen LogP contribution in [0, 0.1) is 0 Å². The van der Waals surface area contributed by atoms with Crippen molar-refractivity contribution in [2.45, 2.75) is 18.4 Å². The van der Waals surface area contributed by atoms with Crippen LogP contribution in [0.1, 0.15) is 23.1 Å². The number of aromatic nitrogens is 3. The van der Waals surface area contributed by atoms with Gasteiger partial charge in [0.15, 0.2) is 5.82 Å². The van der Waals surface area contributed by atoms with Gasteiger partial charge in [-0.15, -0.1) is 0 Å². The SMILES string of the molecule is CCNS(=O)(=O)c1cccc(C(=O)NCc2nc(-c3ccc(OC)cc3)n[nH]2)c1. The van der Waals surface area contributed by atoms with Crippen LogP contribution in [-0.2, 0) is 16.6 Å². The van der Waals surface area contributed by atoms with E-state index in [9.17, 15) is 13.2 Å². The third-order valence-electron chi connectivity index (χ3n) is 4.04. The lowest BCUT2D eigenvalue weighted by Crippen LogP contribution is -2.25. The molecule has 0 fully saturated rings. The van der Waals surface area contributed by atoms with Crippen LogP contribution in [0.4, 0.5) is 0 Å². The lowest BCUT2D eigenvalue weighted by atomic mass is 10.2. The number of sulfonamides is 1. The average Bonchev–Trinajstić information content (AvgIpc) is 3.21. The van der Waals surface area contributed by atoms with Crippen molar-refractivity contribution in [3.05, 3.63) is 59.9 Å². The second kappa shape index (κ2) is 8.84. The standard InChI is InChI=1S/C19H21N5O4S/c1-3-21-29(26,27)16-6-4-5-14(11-16)19(25)20-12-17-22-18(24-23-17)13-7-9-15(28-2)10-8-13/h4-11,21H,3,12H2,1-2H3,(H,20,25)(H,22,23,24). The zero-order valence-electron chi connectivity index (χ0n) is 16.0. The number of benzene rings is 2. The lowest BCUT2D eigenvalue weighted by molar-refractivity contribution is 0.0949. The Morgan fingerprint density at radius 2 is 1.93 bits per heavy atom. The fourth-order valence-corrected chi connectivity index (χ4v) is 3.67. The van der Waals surface area contributed by atoms with E-state index in [0.717, 1.165) is 11.3 Å². The summed E-state index contributed by atoms with van der Waals surface area (Å²) >= 11 is 0. The molecule has 29 heavy (non-hydrogen) atoms. The molecule has 0 radical (unpaired) electrons. The highest BCUT2D eigenvalue weighted by atomic mass is 32.2. The lowest BCUT2D eigenvalue weighted by Gasteiger charge is -2.07. The fraction of sp³-hybridized carbons (Fsp3) is 0.211. The molecule has 0 aliphatic rings. The van der Waals surface area contributed by atoms with Gasteiger partial charge in [-0.25, -0.2) is 18.1 Å². The first kappa shape index (κ1) is 20.5. The normalized spacial score (nSPS) is 11.2. The second-order valence-corrected chi connectivity index (χ2v) is 7.81.